The molecule has 0 aliphatic carbocycles. The number of rotatable bonds is 8. The molecule has 0 atom stereocenters. The van der Waals surface area contributed by atoms with Gasteiger partial charge in [0.25, 0.3) is 18.8 Å². The average molecular weight is 562 g/mol. The summed E-state index contributed by atoms with van der Waals surface area (Å²) in [4.78, 5) is 12.8. The van der Waals surface area contributed by atoms with E-state index in [1.54, 1.807) is 18.5 Å². The highest BCUT2D eigenvalue weighted by atomic mass is 35.5. The lowest BCUT2D eigenvalue weighted by molar-refractivity contribution is 0.0993. The molecule has 0 radical (unpaired) electrons. The maximum Gasteiger partial charge on any atom is 0.291 e. The lowest BCUT2D eigenvalue weighted by Crippen LogP contribution is -2.13. The molecule has 1 aromatic carbocycles. The van der Waals surface area contributed by atoms with Gasteiger partial charge >= 0.3 is 0 Å². The summed E-state index contributed by atoms with van der Waals surface area (Å²) in [6.45, 7) is 3.17. The molecule has 7 nitrogen and oxygen atoms in total. The van der Waals surface area contributed by atoms with Crippen LogP contribution in [-0.2, 0) is 13.1 Å². The van der Waals surface area contributed by atoms with Crippen LogP contribution in [-0.4, -0.2) is 25.5 Å². The Morgan fingerprint density at radius 3 is 2.41 bits per heavy atom. The molecule has 0 saturated carbocycles. The van der Waals surface area contributed by atoms with Crippen molar-refractivity contribution in [3.63, 3.8) is 0 Å². The molecule has 3 heterocycles. The lowest BCUT2D eigenvalue weighted by atomic mass is 10.2. The first-order chi connectivity index (χ1) is 17.5. The van der Waals surface area contributed by atoms with Crippen molar-refractivity contribution in [2.75, 3.05) is 5.32 Å². The topological polar surface area (TPSA) is 77.9 Å². The molecular weight excluding hydrogens is 544 g/mol. The minimum atomic E-state index is -3.16. The first-order valence-electron chi connectivity index (χ1n) is 10.7. The number of alkyl halides is 4. The van der Waals surface area contributed by atoms with E-state index in [1.165, 1.54) is 30.3 Å². The fraction of sp³-hybridized carbons (Fsp3) is 0.261. The number of aryl methyl sites for hydroxylation is 1. The third-order valence-corrected chi connectivity index (χ3v) is 6.26. The summed E-state index contributed by atoms with van der Waals surface area (Å²) in [5.41, 5.74) is 0.264. The van der Waals surface area contributed by atoms with E-state index in [1.807, 2.05) is 0 Å². The Labute approximate surface area is 216 Å². The van der Waals surface area contributed by atoms with Crippen molar-refractivity contribution in [1.82, 2.24) is 19.6 Å². The first-order valence-corrected chi connectivity index (χ1v) is 11.4. The second-order valence-corrected chi connectivity index (χ2v) is 8.79. The van der Waals surface area contributed by atoms with Crippen LogP contribution in [0.5, 0.6) is 0 Å². The zero-order valence-corrected chi connectivity index (χ0v) is 20.7. The molecule has 196 valence electrons. The summed E-state index contributed by atoms with van der Waals surface area (Å²) in [5.74, 6) is -1.27. The number of nitrogens with zero attached hydrogens (tertiary/aromatic N) is 4. The predicted molar refractivity (Wildman–Crippen MR) is 125 cm³/mol. The zero-order chi connectivity index (χ0) is 27.0. The lowest BCUT2D eigenvalue weighted by Gasteiger charge is -2.08. The van der Waals surface area contributed by atoms with Gasteiger partial charge < -0.3 is 9.73 Å². The normalized spacial score (nSPS) is 11.6. The smallest absolute Gasteiger partial charge is 0.291 e. The molecule has 14 heteroatoms. The summed E-state index contributed by atoms with van der Waals surface area (Å²) in [6.07, 6.45) is -6.30. The predicted octanol–water partition coefficient (Wildman–Crippen LogP) is 6.96. The Kier molecular flexibility index (Phi) is 7.60. The Bertz CT molecular complexity index is 1460. The van der Waals surface area contributed by atoms with Gasteiger partial charge in [-0.25, -0.2) is 22.0 Å². The number of halogens is 7. The van der Waals surface area contributed by atoms with Crippen LogP contribution in [0.1, 0.15) is 57.5 Å². The van der Waals surface area contributed by atoms with Crippen molar-refractivity contribution in [3.05, 3.63) is 86.1 Å². The van der Waals surface area contributed by atoms with E-state index in [9.17, 15) is 26.7 Å². The Hall–Kier alpha value is -3.38. The number of furan rings is 1. The number of benzene rings is 1. The number of hydrogen-bond donors (Lipinski definition) is 1. The summed E-state index contributed by atoms with van der Waals surface area (Å²) >= 11 is 11.8. The number of nitrogens with one attached hydrogen (secondary N) is 1. The Morgan fingerprint density at radius 1 is 1.03 bits per heavy atom. The van der Waals surface area contributed by atoms with Gasteiger partial charge in [-0.3, -0.25) is 14.2 Å². The van der Waals surface area contributed by atoms with Crippen molar-refractivity contribution in [3.8, 4) is 0 Å². The number of hydrogen-bond acceptors (Lipinski definition) is 4. The SMILES string of the molecule is Cc1nn(Cc2ccc(F)cc2Cl)c(C)c1NC(=O)c1ccc(Cn2nc(C(F)F)c(Cl)c2C(F)F)o1. The second kappa shape index (κ2) is 10.5. The average Bonchev–Trinajstić information content (AvgIpc) is 3.48. The third-order valence-electron chi connectivity index (χ3n) is 5.52. The van der Waals surface area contributed by atoms with E-state index in [0.29, 0.717) is 27.3 Å². The molecule has 0 spiro atoms. The van der Waals surface area contributed by atoms with E-state index in [4.69, 9.17) is 27.6 Å². The van der Waals surface area contributed by atoms with Crippen molar-refractivity contribution < 1.29 is 31.2 Å². The van der Waals surface area contributed by atoms with Crippen molar-refractivity contribution in [2.45, 2.75) is 39.8 Å². The molecule has 37 heavy (non-hydrogen) atoms. The van der Waals surface area contributed by atoms with E-state index >= 15 is 0 Å². The van der Waals surface area contributed by atoms with Crippen LogP contribution < -0.4 is 5.32 Å². The van der Waals surface area contributed by atoms with Gasteiger partial charge in [-0.2, -0.15) is 10.2 Å². The number of anilines is 1. The van der Waals surface area contributed by atoms with Gasteiger partial charge in [0.05, 0.1) is 35.2 Å². The van der Waals surface area contributed by atoms with Gasteiger partial charge in [0, 0.05) is 5.02 Å². The van der Waals surface area contributed by atoms with Crippen molar-refractivity contribution >= 4 is 34.8 Å². The van der Waals surface area contributed by atoms with Gasteiger partial charge in [-0.15, -0.1) is 0 Å². The number of amides is 1. The first kappa shape index (κ1) is 26.7. The van der Waals surface area contributed by atoms with Crippen molar-refractivity contribution in [1.29, 1.82) is 0 Å². The van der Waals surface area contributed by atoms with Gasteiger partial charge in [-0.1, -0.05) is 29.3 Å². The molecule has 1 N–H and O–H groups in total. The molecule has 1 amide bonds. The molecule has 0 saturated heterocycles. The van der Waals surface area contributed by atoms with E-state index in [0.717, 1.165) is 0 Å². The van der Waals surface area contributed by atoms with Crippen molar-refractivity contribution in [2.24, 2.45) is 0 Å². The maximum atomic E-state index is 13.4. The highest BCUT2D eigenvalue weighted by Gasteiger charge is 2.28. The van der Waals surface area contributed by atoms with E-state index in [2.05, 4.69) is 15.5 Å². The second-order valence-electron chi connectivity index (χ2n) is 8.00. The van der Waals surface area contributed by atoms with E-state index in [-0.39, 0.29) is 23.1 Å². The van der Waals surface area contributed by atoms with Crippen LogP contribution in [0, 0.1) is 19.7 Å². The fourth-order valence-corrected chi connectivity index (χ4v) is 4.22. The summed E-state index contributed by atoms with van der Waals surface area (Å²) in [5, 5.41) is 9.96. The highest BCUT2D eigenvalue weighted by molar-refractivity contribution is 6.32. The largest absolute Gasteiger partial charge is 0.454 e. The Morgan fingerprint density at radius 2 is 1.76 bits per heavy atom. The summed E-state index contributed by atoms with van der Waals surface area (Å²) in [7, 11) is 0. The maximum absolute atomic E-state index is 13.4. The number of carbonyl (C=O) groups excluding carboxylic acids is 1. The van der Waals surface area contributed by atoms with Crippen LogP contribution >= 0.6 is 23.2 Å². The van der Waals surface area contributed by atoms with Crippen LogP contribution in [0.15, 0.2) is 34.7 Å². The van der Waals surface area contributed by atoms with E-state index < -0.39 is 47.5 Å². The molecule has 4 rings (SSSR count). The van der Waals surface area contributed by atoms with Crippen LogP contribution in [0.4, 0.5) is 27.6 Å². The molecular formula is C23H18Cl2F5N5O2. The molecule has 0 bridgehead atoms. The monoisotopic (exact) mass is 561 g/mol. The number of aromatic nitrogens is 4. The van der Waals surface area contributed by atoms with Gasteiger partial charge in [0.2, 0.25) is 0 Å². The minimum absolute atomic E-state index is 0.0159. The minimum Gasteiger partial charge on any atom is -0.454 e. The molecule has 0 unspecified atom stereocenters. The zero-order valence-electron chi connectivity index (χ0n) is 19.2. The third kappa shape index (κ3) is 5.49. The number of carbonyl (C=O) groups is 1. The van der Waals surface area contributed by atoms with Crippen LogP contribution in [0.25, 0.3) is 0 Å². The summed E-state index contributed by atoms with van der Waals surface area (Å²) < 4.78 is 73.9. The van der Waals surface area contributed by atoms with Gasteiger partial charge in [-0.05, 0) is 43.7 Å². The molecule has 0 aliphatic rings. The fourth-order valence-electron chi connectivity index (χ4n) is 3.69. The molecule has 3 aromatic heterocycles. The van der Waals surface area contributed by atoms with Crippen LogP contribution in [0.2, 0.25) is 10.0 Å². The molecule has 0 fully saturated rings. The van der Waals surface area contributed by atoms with Crippen LogP contribution in [0.3, 0.4) is 0 Å². The highest BCUT2D eigenvalue weighted by Crippen LogP contribution is 2.35. The Balaban J connectivity index is 1.51. The summed E-state index contributed by atoms with van der Waals surface area (Å²) in [6, 6.07) is 6.64. The quantitative estimate of drug-likeness (QED) is 0.236. The molecule has 4 aromatic rings. The van der Waals surface area contributed by atoms with Gasteiger partial charge in [0.15, 0.2) is 5.76 Å². The van der Waals surface area contributed by atoms with Gasteiger partial charge in [0.1, 0.15) is 23.0 Å². The standard InChI is InChI=1S/C23H18Cl2F5N5O2/c1-10-18(11(2)34(32-10)8-12-3-4-13(26)7-15(12)24)31-23(36)16-6-5-14(37-16)9-35-20(22(29)30)17(25)19(33-35)21(27)28/h3-7,21-22H,8-9H2,1-2H3,(H,31,36). The molecule has 0 aliphatic heterocycles.